The van der Waals surface area contributed by atoms with Gasteiger partial charge in [-0.15, -0.1) is 0 Å². The Balaban J connectivity index is 2.66. The fourth-order valence-electron chi connectivity index (χ4n) is 1.45. The van der Waals surface area contributed by atoms with Gasteiger partial charge in [0.2, 0.25) is 0 Å². The van der Waals surface area contributed by atoms with Crippen LogP contribution < -0.4 is 5.32 Å². The van der Waals surface area contributed by atoms with Crippen molar-refractivity contribution >= 4 is 23.6 Å². The van der Waals surface area contributed by atoms with E-state index in [-0.39, 0.29) is 23.2 Å². The van der Waals surface area contributed by atoms with Gasteiger partial charge < -0.3 is 14.8 Å². The lowest BCUT2D eigenvalue weighted by Gasteiger charge is -2.16. The summed E-state index contributed by atoms with van der Waals surface area (Å²) in [5, 5.41) is 11.3. The van der Waals surface area contributed by atoms with Crippen LogP contribution in [0.3, 0.4) is 0 Å². The van der Waals surface area contributed by atoms with Gasteiger partial charge in [0.15, 0.2) is 5.76 Å². The Morgan fingerprint density at radius 2 is 2.05 bits per heavy atom. The van der Waals surface area contributed by atoms with Crippen molar-refractivity contribution in [2.75, 3.05) is 0 Å². The van der Waals surface area contributed by atoms with Crippen LogP contribution in [0.1, 0.15) is 30.2 Å². The molecule has 1 atom stereocenters. The minimum atomic E-state index is -2.52. The highest BCUT2D eigenvalue weighted by molar-refractivity contribution is 7.98. The zero-order valence-electron chi connectivity index (χ0n) is 10.9. The summed E-state index contributed by atoms with van der Waals surface area (Å²) in [5.74, 6) is -4.56. The first kappa shape index (κ1) is 16.5. The van der Waals surface area contributed by atoms with Gasteiger partial charge in [-0.05, 0) is 18.1 Å². The van der Waals surface area contributed by atoms with E-state index in [4.69, 9.17) is 9.52 Å². The summed E-state index contributed by atoms with van der Waals surface area (Å²) in [6.07, 6.45) is 0. The number of carbonyl (C=O) groups is 2. The standard InChI is InChI=1S/C12H15F2NO4S/c1-6(2)9(11(17)18)15-10(16)8-4-3-7(19-8)5-20-12(13)14/h3-4,6,9,12H,5H2,1-2H3,(H,15,16)(H,17,18)/t9-/m1/s1. The van der Waals surface area contributed by atoms with Gasteiger partial charge in [-0.3, -0.25) is 4.79 Å². The van der Waals surface area contributed by atoms with E-state index in [2.05, 4.69) is 5.32 Å². The summed E-state index contributed by atoms with van der Waals surface area (Å²) in [7, 11) is 0. The summed E-state index contributed by atoms with van der Waals surface area (Å²) in [6, 6.07) is 1.71. The Morgan fingerprint density at radius 3 is 2.55 bits per heavy atom. The Kier molecular flexibility index (Phi) is 6.00. The van der Waals surface area contributed by atoms with E-state index >= 15 is 0 Å². The molecule has 0 unspecified atom stereocenters. The average molecular weight is 307 g/mol. The van der Waals surface area contributed by atoms with Crippen LogP contribution >= 0.6 is 11.8 Å². The van der Waals surface area contributed by atoms with Gasteiger partial charge >= 0.3 is 5.97 Å². The SMILES string of the molecule is CC(C)[C@@H](NC(=O)c1ccc(CSC(F)F)o1)C(=O)O. The maximum atomic E-state index is 12.0. The maximum absolute atomic E-state index is 12.0. The molecular formula is C12H15F2NO4S. The van der Waals surface area contributed by atoms with E-state index in [1.807, 2.05) is 0 Å². The molecule has 1 rings (SSSR count). The van der Waals surface area contributed by atoms with Crippen LogP contribution in [0.4, 0.5) is 8.78 Å². The van der Waals surface area contributed by atoms with Crippen molar-refractivity contribution in [1.29, 1.82) is 0 Å². The van der Waals surface area contributed by atoms with Crippen molar-refractivity contribution < 1.29 is 27.9 Å². The number of thioether (sulfide) groups is 1. The van der Waals surface area contributed by atoms with Crippen molar-refractivity contribution in [2.24, 2.45) is 5.92 Å². The Labute approximate surface area is 118 Å². The van der Waals surface area contributed by atoms with Gasteiger partial charge in [-0.2, -0.15) is 8.78 Å². The van der Waals surface area contributed by atoms with Gasteiger partial charge in [0, 0.05) is 0 Å². The molecule has 112 valence electrons. The molecule has 0 bridgehead atoms. The molecule has 0 aliphatic heterocycles. The fraction of sp³-hybridized carbons (Fsp3) is 0.500. The van der Waals surface area contributed by atoms with Crippen LogP contribution in [-0.4, -0.2) is 28.8 Å². The normalized spacial score (nSPS) is 12.7. The molecule has 1 aromatic heterocycles. The van der Waals surface area contributed by atoms with Gasteiger partial charge in [-0.1, -0.05) is 25.6 Å². The molecule has 1 heterocycles. The lowest BCUT2D eigenvalue weighted by molar-refractivity contribution is -0.140. The van der Waals surface area contributed by atoms with Gasteiger partial charge in [-0.25, -0.2) is 4.79 Å². The predicted octanol–water partition coefficient (Wildman–Crippen LogP) is 2.57. The molecule has 0 fully saturated rings. The summed E-state index contributed by atoms with van der Waals surface area (Å²) >= 11 is 0.380. The predicted molar refractivity (Wildman–Crippen MR) is 69.7 cm³/mol. The highest BCUT2D eigenvalue weighted by Crippen LogP contribution is 2.21. The summed E-state index contributed by atoms with van der Waals surface area (Å²) in [4.78, 5) is 22.8. The molecule has 5 nitrogen and oxygen atoms in total. The second kappa shape index (κ2) is 7.28. The number of furan rings is 1. The lowest BCUT2D eigenvalue weighted by atomic mass is 10.0. The highest BCUT2D eigenvalue weighted by atomic mass is 32.2. The topological polar surface area (TPSA) is 79.5 Å². The van der Waals surface area contributed by atoms with Crippen LogP contribution in [0.5, 0.6) is 0 Å². The molecule has 0 aromatic carbocycles. The minimum Gasteiger partial charge on any atom is -0.480 e. The van der Waals surface area contributed by atoms with E-state index in [9.17, 15) is 18.4 Å². The molecule has 0 aliphatic carbocycles. The lowest BCUT2D eigenvalue weighted by Crippen LogP contribution is -2.44. The quantitative estimate of drug-likeness (QED) is 0.809. The van der Waals surface area contributed by atoms with E-state index < -0.39 is 23.7 Å². The number of carbonyl (C=O) groups excluding carboxylic acids is 1. The number of hydrogen-bond donors (Lipinski definition) is 2. The monoisotopic (exact) mass is 307 g/mol. The van der Waals surface area contributed by atoms with Crippen molar-refractivity contribution in [3.8, 4) is 0 Å². The largest absolute Gasteiger partial charge is 0.480 e. The number of aliphatic carboxylic acids is 1. The number of halogens is 2. The Morgan fingerprint density at radius 1 is 1.40 bits per heavy atom. The minimum absolute atomic E-state index is 0.0580. The van der Waals surface area contributed by atoms with Gasteiger partial charge in [0.25, 0.3) is 11.7 Å². The second-order valence-electron chi connectivity index (χ2n) is 4.37. The number of carboxylic acid groups (broad SMARTS) is 1. The zero-order chi connectivity index (χ0) is 15.3. The first-order valence-electron chi connectivity index (χ1n) is 5.83. The summed E-state index contributed by atoms with van der Waals surface area (Å²) in [5.41, 5.74) is 0. The number of nitrogens with one attached hydrogen (secondary N) is 1. The third kappa shape index (κ3) is 4.84. The van der Waals surface area contributed by atoms with Gasteiger partial charge in [0.1, 0.15) is 11.8 Å². The first-order chi connectivity index (χ1) is 9.31. The van der Waals surface area contributed by atoms with Crippen LogP contribution in [0.25, 0.3) is 0 Å². The number of alkyl halides is 2. The van der Waals surface area contributed by atoms with E-state index in [1.54, 1.807) is 13.8 Å². The van der Waals surface area contributed by atoms with E-state index in [0.717, 1.165) is 0 Å². The van der Waals surface area contributed by atoms with Crippen molar-refractivity contribution in [2.45, 2.75) is 31.4 Å². The molecule has 0 aliphatic rings. The molecule has 0 saturated carbocycles. The van der Waals surface area contributed by atoms with E-state index in [0.29, 0.717) is 11.8 Å². The second-order valence-corrected chi connectivity index (χ2v) is 5.35. The maximum Gasteiger partial charge on any atom is 0.326 e. The zero-order valence-corrected chi connectivity index (χ0v) is 11.7. The average Bonchev–Trinajstić information content (AvgIpc) is 2.81. The number of rotatable bonds is 7. The van der Waals surface area contributed by atoms with Crippen molar-refractivity contribution in [1.82, 2.24) is 5.32 Å². The molecule has 0 radical (unpaired) electrons. The van der Waals surface area contributed by atoms with Crippen LogP contribution in [0, 0.1) is 5.92 Å². The van der Waals surface area contributed by atoms with E-state index in [1.165, 1.54) is 12.1 Å². The number of amides is 1. The van der Waals surface area contributed by atoms with Crippen LogP contribution in [-0.2, 0) is 10.5 Å². The summed E-state index contributed by atoms with van der Waals surface area (Å²) in [6.45, 7) is 3.32. The molecule has 1 aromatic rings. The number of carboxylic acids is 1. The summed E-state index contributed by atoms with van der Waals surface area (Å²) < 4.78 is 29.1. The van der Waals surface area contributed by atoms with Gasteiger partial charge in [0.05, 0.1) is 5.75 Å². The molecule has 8 heteroatoms. The molecule has 1 amide bonds. The fourth-order valence-corrected chi connectivity index (χ4v) is 1.89. The molecule has 20 heavy (non-hydrogen) atoms. The third-order valence-electron chi connectivity index (χ3n) is 2.46. The smallest absolute Gasteiger partial charge is 0.326 e. The van der Waals surface area contributed by atoms with Crippen molar-refractivity contribution in [3.05, 3.63) is 23.7 Å². The number of hydrogen-bond acceptors (Lipinski definition) is 4. The molecular weight excluding hydrogens is 292 g/mol. The van der Waals surface area contributed by atoms with Crippen molar-refractivity contribution in [3.63, 3.8) is 0 Å². The Hall–Kier alpha value is -1.57. The third-order valence-corrected chi connectivity index (χ3v) is 3.16. The molecule has 0 saturated heterocycles. The molecule has 2 N–H and O–H groups in total. The Bertz CT molecular complexity index is 476. The molecule has 0 spiro atoms. The highest BCUT2D eigenvalue weighted by Gasteiger charge is 2.25. The first-order valence-corrected chi connectivity index (χ1v) is 6.88. The van der Waals surface area contributed by atoms with Crippen LogP contribution in [0.15, 0.2) is 16.5 Å². The van der Waals surface area contributed by atoms with Crippen LogP contribution in [0.2, 0.25) is 0 Å².